The number of thiazole rings is 1. The predicted molar refractivity (Wildman–Crippen MR) is 74.3 cm³/mol. The zero-order valence-electron chi connectivity index (χ0n) is 9.00. The molecule has 0 saturated heterocycles. The van der Waals surface area contributed by atoms with Crippen molar-refractivity contribution in [3.8, 4) is 0 Å². The van der Waals surface area contributed by atoms with Crippen molar-refractivity contribution in [1.29, 1.82) is 0 Å². The molecule has 0 atom stereocenters. The van der Waals surface area contributed by atoms with E-state index in [0.29, 0.717) is 0 Å². The van der Waals surface area contributed by atoms with Gasteiger partial charge >= 0.3 is 0 Å². The number of nitrogens with zero attached hydrogens (tertiary/aromatic N) is 1. The van der Waals surface area contributed by atoms with Crippen LogP contribution in [0, 0.1) is 6.92 Å². The van der Waals surface area contributed by atoms with Crippen LogP contribution < -0.4 is 5.32 Å². The number of rotatable bonds is 5. The maximum atomic E-state index is 4.24. The molecule has 5 heteroatoms. The fraction of sp³-hybridized carbons (Fsp3) is 0.364. The van der Waals surface area contributed by atoms with E-state index in [4.69, 9.17) is 0 Å². The van der Waals surface area contributed by atoms with Crippen LogP contribution in [0.3, 0.4) is 0 Å². The third-order valence-corrected chi connectivity index (χ3v) is 5.27. The molecule has 0 saturated carbocycles. The van der Waals surface area contributed by atoms with Crippen LogP contribution in [-0.2, 0) is 13.0 Å². The first-order chi connectivity index (χ1) is 7.77. The summed E-state index contributed by atoms with van der Waals surface area (Å²) >= 11 is 7.06. The lowest BCUT2D eigenvalue weighted by molar-refractivity contribution is 0.694. The van der Waals surface area contributed by atoms with Crippen molar-refractivity contribution in [3.63, 3.8) is 0 Å². The molecule has 2 aromatic rings. The number of aromatic nitrogens is 1. The summed E-state index contributed by atoms with van der Waals surface area (Å²) in [5, 5.41) is 5.56. The molecule has 2 nitrogen and oxygen atoms in total. The predicted octanol–water partition coefficient (Wildman–Crippen LogP) is 3.61. The first-order valence-electron chi connectivity index (χ1n) is 5.09. The Bertz CT molecular complexity index is 408. The Morgan fingerprint density at radius 3 is 2.88 bits per heavy atom. The smallest absolute Gasteiger partial charge is 0.0797 e. The van der Waals surface area contributed by atoms with Gasteiger partial charge < -0.3 is 5.32 Å². The monoisotopic (exact) mass is 316 g/mol. The van der Waals surface area contributed by atoms with E-state index < -0.39 is 0 Å². The Labute approximate surface area is 112 Å². The van der Waals surface area contributed by atoms with E-state index in [1.165, 1.54) is 19.9 Å². The van der Waals surface area contributed by atoms with Gasteiger partial charge in [0.25, 0.3) is 0 Å². The van der Waals surface area contributed by atoms with Crippen LogP contribution in [-0.4, -0.2) is 11.5 Å². The van der Waals surface area contributed by atoms with Crippen molar-refractivity contribution in [2.45, 2.75) is 19.9 Å². The third-order valence-electron chi connectivity index (χ3n) is 2.35. The van der Waals surface area contributed by atoms with Crippen LogP contribution in [0.1, 0.15) is 15.4 Å². The van der Waals surface area contributed by atoms with Crippen molar-refractivity contribution in [3.05, 3.63) is 36.9 Å². The van der Waals surface area contributed by atoms with Gasteiger partial charge in [0.15, 0.2) is 0 Å². The minimum absolute atomic E-state index is 0.941. The molecule has 2 rings (SSSR count). The molecule has 0 radical (unpaired) electrons. The third kappa shape index (κ3) is 3.13. The van der Waals surface area contributed by atoms with E-state index in [2.05, 4.69) is 44.6 Å². The van der Waals surface area contributed by atoms with Crippen molar-refractivity contribution >= 4 is 38.6 Å². The van der Waals surface area contributed by atoms with Gasteiger partial charge in [-0.3, -0.25) is 0 Å². The summed E-state index contributed by atoms with van der Waals surface area (Å²) in [5.41, 5.74) is 3.09. The van der Waals surface area contributed by atoms with Crippen LogP contribution in [0.15, 0.2) is 21.4 Å². The highest BCUT2D eigenvalue weighted by atomic mass is 79.9. The molecule has 0 bridgehead atoms. The first-order valence-corrected chi connectivity index (χ1v) is 7.64. The summed E-state index contributed by atoms with van der Waals surface area (Å²) in [4.78, 5) is 6.99. The van der Waals surface area contributed by atoms with Gasteiger partial charge in [-0.1, -0.05) is 0 Å². The number of thiophene rings is 1. The van der Waals surface area contributed by atoms with Crippen LogP contribution >= 0.6 is 38.6 Å². The Kier molecular flexibility index (Phi) is 4.52. The zero-order valence-corrected chi connectivity index (χ0v) is 12.2. The van der Waals surface area contributed by atoms with Gasteiger partial charge in [-0.25, -0.2) is 4.98 Å². The minimum Gasteiger partial charge on any atom is -0.311 e. The molecule has 1 N–H and O–H groups in total. The van der Waals surface area contributed by atoms with E-state index in [9.17, 15) is 0 Å². The van der Waals surface area contributed by atoms with Crippen LogP contribution in [0.2, 0.25) is 0 Å². The Balaban J connectivity index is 1.74. The van der Waals surface area contributed by atoms with Gasteiger partial charge in [-0.05, 0) is 40.7 Å². The van der Waals surface area contributed by atoms with E-state index in [1.807, 2.05) is 5.51 Å². The standard InChI is InChI=1S/C11H13BrN2S2/c1-8-10(16-7-14-8)2-4-13-6-11-9(12)3-5-15-11/h3,5,7,13H,2,4,6H2,1H3. The summed E-state index contributed by atoms with van der Waals surface area (Å²) in [5.74, 6) is 0. The zero-order chi connectivity index (χ0) is 11.4. The van der Waals surface area contributed by atoms with Gasteiger partial charge in [-0.2, -0.15) is 0 Å². The maximum Gasteiger partial charge on any atom is 0.0797 e. The van der Waals surface area contributed by atoms with Crippen molar-refractivity contribution in [1.82, 2.24) is 10.3 Å². The Hall–Kier alpha value is -0.230. The molecular formula is C11H13BrN2S2. The van der Waals surface area contributed by atoms with Crippen LogP contribution in [0.4, 0.5) is 0 Å². The molecular weight excluding hydrogens is 304 g/mol. The van der Waals surface area contributed by atoms with Gasteiger partial charge in [0.1, 0.15) is 0 Å². The highest BCUT2D eigenvalue weighted by Crippen LogP contribution is 2.22. The molecule has 0 aliphatic carbocycles. The van der Waals surface area contributed by atoms with Crippen LogP contribution in [0.5, 0.6) is 0 Å². The van der Waals surface area contributed by atoms with Crippen molar-refractivity contribution < 1.29 is 0 Å². The van der Waals surface area contributed by atoms with Gasteiger partial charge in [0.05, 0.1) is 11.2 Å². The average molecular weight is 317 g/mol. The number of hydrogen-bond acceptors (Lipinski definition) is 4. The summed E-state index contributed by atoms with van der Waals surface area (Å²) in [6.45, 7) is 4.02. The molecule has 0 amide bonds. The minimum atomic E-state index is 0.941. The average Bonchev–Trinajstić information content (AvgIpc) is 2.84. The number of nitrogens with one attached hydrogen (secondary N) is 1. The Morgan fingerprint density at radius 1 is 1.38 bits per heavy atom. The Morgan fingerprint density at radius 2 is 2.25 bits per heavy atom. The molecule has 0 aliphatic heterocycles. The molecule has 16 heavy (non-hydrogen) atoms. The largest absolute Gasteiger partial charge is 0.311 e. The highest BCUT2D eigenvalue weighted by Gasteiger charge is 2.02. The number of hydrogen-bond donors (Lipinski definition) is 1. The van der Waals surface area contributed by atoms with E-state index >= 15 is 0 Å². The number of aryl methyl sites for hydroxylation is 1. The van der Waals surface area contributed by atoms with Gasteiger partial charge in [-0.15, -0.1) is 22.7 Å². The summed E-state index contributed by atoms with van der Waals surface area (Å²) in [7, 11) is 0. The molecule has 2 aromatic heterocycles. The first kappa shape index (κ1) is 12.2. The molecule has 2 heterocycles. The molecule has 0 unspecified atom stereocenters. The highest BCUT2D eigenvalue weighted by molar-refractivity contribution is 9.10. The summed E-state index contributed by atoms with van der Waals surface area (Å²) in [6.07, 6.45) is 1.07. The second kappa shape index (κ2) is 5.91. The second-order valence-corrected chi connectivity index (χ2v) is 6.27. The molecule has 0 spiro atoms. The lowest BCUT2D eigenvalue weighted by Crippen LogP contribution is -2.16. The molecule has 86 valence electrons. The summed E-state index contributed by atoms with van der Waals surface area (Å²) < 4.78 is 1.21. The maximum absolute atomic E-state index is 4.24. The molecule has 0 fully saturated rings. The van der Waals surface area contributed by atoms with Crippen LogP contribution in [0.25, 0.3) is 0 Å². The molecule has 0 aliphatic rings. The van der Waals surface area contributed by atoms with E-state index in [1.54, 1.807) is 22.7 Å². The quantitative estimate of drug-likeness (QED) is 0.852. The SMILES string of the molecule is Cc1ncsc1CCNCc1sccc1Br. The second-order valence-electron chi connectivity index (χ2n) is 3.48. The lowest BCUT2D eigenvalue weighted by Gasteiger charge is -2.02. The van der Waals surface area contributed by atoms with Gasteiger partial charge in [0.2, 0.25) is 0 Å². The fourth-order valence-electron chi connectivity index (χ4n) is 1.42. The van der Waals surface area contributed by atoms with E-state index in [-0.39, 0.29) is 0 Å². The topological polar surface area (TPSA) is 24.9 Å². The molecule has 0 aromatic carbocycles. The number of halogens is 1. The fourth-order valence-corrected chi connectivity index (χ4v) is 3.66. The van der Waals surface area contributed by atoms with E-state index in [0.717, 1.165) is 19.5 Å². The lowest BCUT2D eigenvalue weighted by atomic mass is 10.3. The van der Waals surface area contributed by atoms with Gasteiger partial charge in [0, 0.05) is 27.3 Å². The summed E-state index contributed by atoms with van der Waals surface area (Å²) in [6, 6.07) is 2.09. The van der Waals surface area contributed by atoms with Crippen molar-refractivity contribution in [2.24, 2.45) is 0 Å². The van der Waals surface area contributed by atoms with Crippen molar-refractivity contribution in [2.75, 3.05) is 6.54 Å². The normalized spacial score (nSPS) is 10.9.